The van der Waals surface area contributed by atoms with Crippen molar-refractivity contribution in [1.29, 1.82) is 0 Å². The zero-order chi connectivity index (χ0) is 18.7. The van der Waals surface area contributed by atoms with Crippen molar-refractivity contribution >= 4 is 17.2 Å². The van der Waals surface area contributed by atoms with Gasteiger partial charge in [0.05, 0.1) is 12.8 Å². The average Bonchev–Trinajstić information content (AvgIpc) is 2.98. The van der Waals surface area contributed by atoms with Crippen LogP contribution in [0.3, 0.4) is 0 Å². The monoisotopic (exact) mass is 366 g/mol. The Morgan fingerprint density at radius 2 is 1.77 bits per heavy atom. The number of thiazole rings is 1. The molecule has 0 aliphatic carbocycles. The van der Waals surface area contributed by atoms with Gasteiger partial charge in [0.25, 0.3) is 5.91 Å². The number of ether oxygens (including phenoxy) is 1. The number of carbonyl (C=O) groups excluding carboxylic acids is 1. The molecule has 0 saturated heterocycles. The molecule has 3 aromatic rings. The largest absolute Gasteiger partial charge is 0.497 e. The summed E-state index contributed by atoms with van der Waals surface area (Å²) in [6.07, 6.45) is 0.883. The summed E-state index contributed by atoms with van der Waals surface area (Å²) in [6, 6.07) is 15.5. The highest BCUT2D eigenvalue weighted by Gasteiger charge is 2.13. The van der Waals surface area contributed by atoms with Crippen LogP contribution in [0.5, 0.6) is 5.75 Å². The van der Waals surface area contributed by atoms with Gasteiger partial charge in [-0.25, -0.2) is 0 Å². The van der Waals surface area contributed by atoms with Crippen LogP contribution in [0.2, 0.25) is 0 Å². The molecule has 0 bridgehead atoms. The highest BCUT2D eigenvalue weighted by molar-refractivity contribution is 7.09. The van der Waals surface area contributed by atoms with Gasteiger partial charge in [-0.1, -0.05) is 24.6 Å². The third-order valence-electron chi connectivity index (χ3n) is 4.28. The van der Waals surface area contributed by atoms with Gasteiger partial charge in [-0.15, -0.1) is 11.3 Å². The average molecular weight is 366 g/mol. The molecule has 0 unspecified atom stereocenters. The van der Waals surface area contributed by atoms with Gasteiger partial charge in [0.1, 0.15) is 5.75 Å². The van der Waals surface area contributed by atoms with Gasteiger partial charge in [0, 0.05) is 17.5 Å². The maximum Gasteiger partial charge on any atom is 0.279 e. The molecule has 26 heavy (non-hydrogen) atoms. The van der Waals surface area contributed by atoms with E-state index in [0.29, 0.717) is 10.4 Å². The van der Waals surface area contributed by atoms with Crippen LogP contribution < -0.4 is 9.54 Å². The van der Waals surface area contributed by atoms with Crippen LogP contribution in [0.15, 0.2) is 53.5 Å². The van der Waals surface area contributed by atoms with E-state index in [9.17, 15) is 4.79 Å². The Morgan fingerprint density at radius 3 is 2.35 bits per heavy atom. The normalized spacial score (nSPS) is 11.6. The van der Waals surface area contributed by atoms with Crippen molar-refractivity contribution in [3.63, 3.8) is 0 Å². The highest BCUT2D eigenvalue weighted by Crippen LogP contribution is 2.27. The molecule has 0 saturated carbocycles. The Balaban J connectivity index is 2.04. The minimum Gasteiger partial charge on any atom is -0.497 e. The third-order valence-corrected chi connectivity index (χ3v) is 5.56. The molecule has 0 aliphatic heterocycles. The van der Waals surface area contributed by atoms with Crippen LogP contribution in [0.4, 0.5) is 0 Å². The van der Waals surface area contributed by atoms with E-state index in [-0.39, 0.29) is 5.91 Å². The van der Waals surface area contributed by atoms with Gasteiger partial charge in [-0.2, -0.15) is 4.99 Å². The Labute approximate surface area is 157 Å². The molecular weight excluding hydrogens is 344 g/mol. The van der Waals surface area contributed by atoms with Gasteiger partial charge >= 0.3 is 0 Å². The molecule has 5 heteroatoms. The van der Waals surface area contributed by atoms with Crippen LogP contribution in [-0.4, -0.2) is 17.6 Å². The SMILES string of the molecule is CCc1sc(=NC(=O)c2ccc(C)cc2)n(C)c1-c1ccc(OC)cc1. The molecule has 2 aromatic carbocycles. The molecule has 1 aromatic heterocycles. The molecular formula is C21H22N2O2S. The van der Waals surface area contributed by atoms with Crippen LogP contribution in [0.25, 0.3) is 11.3 Å². The first kappa shape index (κ1) is 18.1. The number of aromatic nitrogens is 1. The van der Waals surface area contributed by atoms with E-state index < -0.39 is 0 Å². The minimum atomic E-state index is -0.217. The van der Waals surface area contributed by atoms with Crippen molar-refractivity contribution in [2.75, 3.05) is 7.11 Å². The number of amides is 1. The lowest BCUT2D eigenvalue weighted by Gasteiger charge is -2.07. The third kappa shape index (κ3) is 3.63. The number of nitrogens with zero attached hydrogens (tertiary/aromatic N) is 2. The van der Waals surface area contributed by atoms with E-state index >= 15 is 0 Å². The van der Waals surface area contributed by atoms with Crippen molar-refractivity contribution in [2.24, 2.45) is 12.0 Å². The number of hydrogen-bond acceptors (Lipinski definition) is 3. The Kier molecular flexibility index (Phi) is 5.38. The lowest BCUT2D eigenvalue weighted by Crippen LogP contribution is -2.14. The zero-order valence-electron chi connectivity index (χ0n) is 15.4. The van der Waals surface area contributed by atoms with Crippen molar-refractivity contribution in [2.45, 2.75) is 20.3 Å². The fraction of sp³-hybridized carbons (Fsp3) is 0.238. The smallest absolute Gasteiger partial charge is 0.279 e. The number of carbonyl (C=O) groups is 1. The molecule has 4 nitrogen and oxygen atoms in total. The predicted octanol–water partition coefficient (Wildman–Crippen LogP) is 4.37. The quantitative estimate of drug-likeness (QED) is 0.688. The minimum absolute atomic E-state index is 0.217. The standard InChI is InChI=1S/C21H22N2O2S/c1-5-18-19(15-10-12-17(25-4)13-11-15)23(3)21(26-18)22-20(24)16-8-6-14(2)7-9-16/h6-13H,5H2,1-4H3. The van der Waals surface area contributed by atoms with Gasteiger partial charge in [0.2, 0.25) is 0 Å². The molecule has 0 radical (unpaired) electrons. The van der Waals surface area contributed by atoms with Gasteiger partial charge in [0.15, 0.2) is 4.80 Å². The van der Waals surface area contributed by atoms with Crippen molar-refractivity contribution in [1.82, 2.24) is 4.57 Å². The summed E-state index contributed by atoms with van der Waals surface area (Å²) in [6.45, 7) is 4.11. The van der Waals surface area contributed by atoms with Gasteiger partial charge in [-0.05, 0) is 55.3 Å². The lowest BCUT2D eigenvalue weighted by molar-refractivity contribution is 0.0998. The van der Waals surface area contributed by atoms with Gasteiger partial charge in [-0.3, -0.25) is 4.79 Å². The van der Waals surface area contributed by atoms with Crippen LogP contribution in [0, 0.1) is 6.92 Å². The number of benzene rings is 2. The maximum absolute atomic E-state index is 12.5. The van der Waals surface area contributed by atoms with Crippen molar-refractivity contribution < 1.29 is 9.53 Å². The first-order chi connectivity index (χ1) is 12.5. The van der Waals surface area contributed by atoms with E-state index in [1.54, 1.807) is 18.4 Å². The predicted molar refractivity (Wildman–Crippen MR) is 106 cm³/mol. The first-order valence-corrected chi connectivity index (χ1v) is 9.34. The van der Waals surface area contributed by atoms with E-state index in [1.807, 2.05) is 67.1 Å². The second-order valence-corrected chi connectivity index (χ2v) is 7.14. The fourth-order valence-corrected chi connectivity index (χ4v) is 3.87. The highest BCUT2D eigenvalue weighted by atomic mass is 32.1. The van der Waals surface area contributed by atoms with E-state index in [2.05, 4.69) is 11.9 Å². The lowest BCUT2D eigenvalue weighted by atomic mass is 10.1. The molecule has 0 N–H and O–H groups in total. The summed E-state index contributed by atoms with van der Waals surface area (Å²) < 4.78 is 7.24. The maximum atomic E-state index is 12.5. The van der Waals surface area contributed by atoms with Crippen LogP contribution >= 0.6 is 11.3 Å². The number of hydrogen-bond donors (Lipinski definition) is 0. The summed E-state index contributed by atoms with van der Waals surface area (Å²) in [4.78, 5) is 18.8. The van der Waals surface area contributed by atoms with Crippen molar-refractivity contribution in [3.8, 4) is 17.0 Å². The van der Waals surface area contributed by atoms with Crippen molar-refractivity contribution in [3.05, 3.63) is 69.3 Å². The fourth-order valence-electron chi connectivity index (χ4n) is 2.80. The summed E-state index contributed by atoms with van der Waals surface area (Å²) in [5.74, 6) is 0.606. The summed E-state index contributed by atoms with van der Waals surface area (Å²) >= 11 is 1.56. The first-order valence-electron chi connectivity index (χ1n) is 8.52. The molecule has 0 atom stereocenters. The second kappa shape index (κ2) is 7.70. The number of rotatable bonds is 4. The Hall–Kier alpha value is -2.66. The van der Waals surface area contributed by atoms with Crippen LogP contribution in [-0.2, 0) is 13.5 Å². The zero-order valence-corrected chi connectivity index (χ0v) is 16.3. The Morgan fingerprint density at radius 1 is 1.12 bits per heavy atom. The number of aryl methyl sites for hydroxylation is 2. The van der Waals surface area contributed by atoms with E-state index in [1.165, 1.54) is 4.88 Å². The molecule has 0 aliphatic rings. The molecule has 134 valence electrons. The summed E-state index contributed by atoms with van der Waals surface area (Å²) in [5.41, 5.74) is 3.91. The molecule has 1 amide bonds. The van der Waals surface area contributed by atoms with E-state index in [0.717, 1.165) is 29.0 Å². The molecule has 0 spiro atoms. The molecule has 0 fully saturated rings. The number of methoxy groups -OCH3 is 1. The summed E-state index contributed by atoms with van der Waals surface area (Å²) in [5, 5.41) is 0. The van der Waals surface area contributed by atoms with Gasteiger partial charge < -0.3 is 9.30 Å². The van der Waals surface area contributed by atoms with Crippen LogP contribution in [0.1, 0.15) is 27.7 Å². The summed E-state index contributed by atoms with van der Waals surface area (Å²) in [7, 11) is 3.61. The second-order valence-electron chi connectivity index (χ2n) is 6.08. The molecule has 1 heterocycles. The molecule has 3 rings (SSSR count). The topological polar surface area (TPSA) is 43.6 Å². The van der Waals surface area contributed by atoms with E-state index in [4.69, 9.17) is 4.74 Å². The Bertz CT molecular complexity index is 980.